The van der Waals surface area contributed by atoms with Crippen molar-refractivity contribution in [2.75, 3.05) is 13.6 Å². The maximum atomic E-state index is 12.1. The lowest BCUT2D eigenvalue weighted by molar-refractivity contribution is -0.123. The van der Waals surface area contributed by atoms with Gasteiger partial charge >= 0.3 is 0 Å². The quantitative estimate of drug-likeness (QED) is 0.794. The highest BCUT2D eigenvalue weighted by Gasteiger charge is 2.23. The van der Waals surface area contributed by atoms with Crippen LogP contribution >= 0.6 is 0 Å². The van der Waals surface area contributed by atoms with E-state index in [4.69, 9.17) is 0 Å². The molecular formula is C16H23NO. The summed E-state index contributed by atoms with van der Waals surface area (Å²) in [6, 6.07) is 8.50. The van der Waals surface area contributed by atoms with Gasteiger partial charge in [0.05, 0.1) is 6.54 Å². The third kappa shape index (κ3) is 3.67. The van der Waals surface area contributed by atoms with Gasteiger partial charge in [-0.3, -0.25) is 9.69 Å². The molecule has 2 rings (SSSR count). The van der Waals surface area contributed by atoms with Gasteiger partial charge in [0.1, 0.15) is 5.78 Å². The molecule has 1 aliphatic carbocycles. The predicted molar refractivity (Wildman–Crippen MR) is 74.5 cm³/mol. The zero-order chi connectivity index (χ0) is 13.0. The van der Waals surface area contributed by atoms with Crippen molar-refractivity contribution < 1.29 is 4.79 Å². The van der Waals surface area contributed by atoms with Crippen LogP contribution in [0.1, 0.15) is 36.8 Å². The first-order valence-corrected chi connectivity index (χ1v) is 6.92. The summed E-state index contributed by atoms with van der Waals surface area (Å²) in [7, 11) is 2.04. The number of carbonyl (C=O) groups excluding carboxylic acids is 1. The Morgan fingerprint density at radius 1 is 1.33 bits per heavy atom. The predicted octanol–water partition coefficient (Wildman–Crippen LogP) is 3.19. The number of hydrogen-bond acceptors (Lipinski definition) is 2. The van der Waals surface area contributed by atoms with E-state index in [1.165, 1.54) is 24.0 Å². The van der Waals surface area contributed by atoms with Crippen molar-refractivity contribution >= 4 is 5.78 Å². The summed E-state index contributed by atoms with van der Waals surface area (Å²) < 4.78 is 0. The fraction of sp³-hybridized carbons (Fsp3) is 0.562. The van der Waals surface area contributed by atoms with E-state index >= 15 is 0 Å². The molecular weight excluding hydrogens is 222 g/mol. The van der Waals surface area contributed by atoms with Crippen LogP contribution in [0.3, 0.4) is 0 Å². The average Bonchev–Trinajstić information content (AvgIpc) is 2.81. The normalized spacial score (nSPS) is 16.4. The van der Waals surface area contributed by atoms with E-state index in [-0.39, 0.29) is 0 Å². The van der Waals surface area contributed by atoms with Crippen molar-refractivity contribution in [1.82, 2.24) is 4.90 Å². The molecule has 0 amide bonds. The number of likely N-dealkylation sites (N-methyl/N-ethyl adjacent to an activating group) is 1. The largest absolute Gasteiger partial charge is 0.298 e. The van der Waals surface area contributed by atoms with Crippen LogP contribution in [0.25, 0.3) is 0 Å². The van der Waals surface area contributed by atoms with Crippen LogP contribution in [0.5, 0.6) is 0 Å². The van der Waals surface area contributed by atoms with Crippen molar-refractivity contribution in [3.63, 3.8) is 0 Å². The van der Waals surface area contributed by atoms with Crippen molar-refractivity contribution in [1.29, 1.82) is 0 Å². The van der Waals surface area contributed by atoms with Gasteiger partial charge in [0.2, 0.25) is 0 Å². The molecule has 1 aliphatic rings. The van der Waals surface area contributed by atoms with Gasteiger partial charge in [-0.2, -0.15) is 0 Å². The minimum Gasteiger partial charge on any atom is -0.298 e. The molecule has 0 saturated heterocycles. The highest BCUT2D eigenvalue weighted by atomic mass is 16.1. The molecule has 0 N–H and O–H groups in total. The van der Waals surface area contributed by atoms with E-state index < -0.39 is 0 Å². The molecule has 98 valence electrons. The fourth-order valence-electron chi connectivity index (χ4n) is 2.82. The molecule has 1 fully saturated rings. The summed E-state index contributed by atoms with van der Waals surface area (Å²) >= 11 is 0. The van der Waals surface area contributed by atoms with Gasteiger partial charge < -0.3 is 0 Å². The number of benzene rings is 1. The first-order chi connectivity index (χ1) is 8.65. The van der Waals surface area contributed by atoms with Crippen LogP contribution in [0.4, 0.5) is 0 Å². The lowest BCUT2D eigenvalue weighted by Crippen LogP contribution is -2.29. The molecule has 2 heteroatoms. The zero-order valence-electron chi connectivity index (χ0n) is 11.5. The Hall–Kier alpha value is -1.15. The van der Waals surface area contributed by atoms with Gasteiger partial charge in [-0.05, 0) is 32.4 Å². The zero-order valence-corrected chi connectivity index (χ0v) is 11.5. The van der Waals surface area contributed by atoms with Crippen LogP contribution in [-0.4, -0.2) is 24.3 Å². The summed E-state index contributed by atoms with van der Waals surface area (Å²) in [5.74, 6) is 0.771. The average molecular weight is 245 g/mol. The Balaban J connectivity index is 1.84. The molecule has 0 heterocycles. The topological polar surface area (TPSA) is 20.3 Å². The Labute approximate surface area is 110 Å². The molecule has 1 aromatic carbocycles. The Kier molecular flexibility index (Phi) is 4.54. The molecule has 0 aliphatic heterocycles. The van der Waals surface area contributed by atoms with E-state index in [0.29, 0.717) is 18.2 Å². The first-order valence-electron chi connectivity index (χ1n) is 6.92. The number of aryl methyl sites for hydroxylation is 1. The second kappa shape index (κ2) is 6.14. The molecule has 0 bridgehead atoms. The highest BCUT2D eigenvalue weighted by molar-refractivity contribution is 5.83. The number of hydrogen-bond donors (Lipinski definition) is 0. The fourth-order valence-corrected chi connectivity index (χ4v) is 2.82. The molecule has 1 saturated carbocycles. The molecule has 18 heavy (non-hydrogen) atoms. The van der Waals surface area contributed by atoms with E-state index in [9.17, 15) is 4.79 Å². The molecule has 0 atom stereocenters. The maximum absolute atomic E-state index is 12.1. The second-order valence-corrected chi connectivity index (χ2v) is 5.61. The van der Waals surface area contributed by atoms with Crippen LogP contribution in [-0.2, 0) is 11.3 Å². The SMILES string of the molecule is Cc1cccc(CN(C)CC(=O)C2CCCC2)c1. The number of Topliss-reactive ketones (excluding diaryl/α,β-unsaturated/α-hetero) is 1. The number of ketones is 1. The van der Waals surface area contributed by atoms with E-state index in [1.807, 2.05) is 7.05 Å². The summed E-state index contributed by atoms with van der Waals surface area (Å²) in [4.78, 5) is 14.2. The molecule has 0 spiro atoms. The van der Waals surface area contributed by atoms with Crippen molar-refractivity contribution in [3.05, 3.63) is 35.4 Å². The smallest absolute Gasteiger partial charge is 0.149 e. The minimum atomic E-state index is 0.338. The minimum absolute atomic E-state index is 0.338. The first kappa shape index (κ1) is 13.3. The maximum Gasteiger partial charge on any atom is 0.149 e. The Morgan fingerprint density at radius 2 is 2.06 bits per heavy atom. The Morgan fingerprint density at radius 3 is 2.72 bits per heavy atom. The summed E-state index contributed by atoms with van der Waals surface area (Å²) in [5.41, 5.74) is 2.57. The van der Waals surface area contributed by atoms with Gasteiger partial charge in [0, 0.05) is 12.5 Å². The second-order valence-electron chi connectivity index (χ2n) is 5.61. The van der Waals surface area contributed by atoms with Gasteiger partial charge in [-0.1, -0.05) is 42.7 Å². The monoisotopic (exact) mass is 245 g/mol. The summed E-state index contributed by atoms with van der Waals surface area (Å²) in [6.45, 7) is 3.56. The lowest BCUT2D eigenvalue weighted by Gasteiger charge is -2.18. The van der Waals surface area contributed by atoms with Crippen LogP contribution in [0, 0.1) is 12.8 Å². The van der Waals surface area contributed by atoms with Crippen LogP contribution < -0.4 is 0 Å². The number of nitrogens with zero attached hydrogens (tertiary/aromatic N) is 1. The van der Waals surface area contributed by atoms with Gasteiger partial charge in [0.25, 0.3) is 0 Å². The third-order valence-corrected chi connectivity index (χ3v) is 3.77. The molecule has 2 nitrogen and oxygen atoms in total. The number of rotatable bonds is 5. The standard InChI is InChI=1S/C16H23NO/c1-13-6-5-7-14(10-13)11-17(2)12-16(18)15-8-3-4-9-15/h5-7,10,15H,3-4,8-9,11-12H2,1-2H3. The summed E-state index contributed by atoms with van der Waals surface area (Å²) in [6.07, 6.45) is 4.68. The van der Waals surface area contributed by atoms with Gasteiger partial charge in [0.15, 0.2) is 0 Å². The summed E-state index contributed by atoms with van der Waals surface area (Å²) in [5, 5.41) is 0. The Bertz CT molecular complexity index is 407. The van der Waals surface area contributed by atoms with Crippen molar-refractivity contribution in [3.8, 4) is 0 Å². The third-order valence-electron chi connectivity index (χ3n) is 3.77. The molecule has 0 radical (unpaired) electrons. The lowest BCUT2D eigenvalue weighted by atomic mass is 10.0. The van der Waals surface area contributed by atoms with Gasteiger partial charge in [-0.25, -0.2) is 0 Å². The van der Waals surface area contributed by atoms with Crippen LogP contribution in [0.15, 0.2) is 24.3 Å². The van der Waals surface area contributed by atoms with E-state index in [2.05, 4.69) is 36.1 Å². The van der Waals surface area contributed by atoms with E-state index in [1.54, 1.807) is 0 Å². The van der Waals surface area contributed by atoms with Crippen molar-refractivity contribution in [2.45, 2.75) is 39.2 Å². The van der Waals surface area contributed by atoms with Gasteiger partial charge in [-0.15, -0.1) is 0 Å². The molecule has 0 unspecified atom stereocenters. The highest BCUT2D eigenvalue weighted by Crippen LogP contribution is 2.25. The van der Waals surface area contributed by atoms with E-state index in [0.717, 1.165) is 19.4 Å². The van der Waals surface area contributed by atoms with Crippen molar-refractivity contribution in [2.24, 2.45) is 5.92 Å². The number of carbonyl (C=O) groups is 1. The van der Waals surface area contributed by atoms with Crippen LogP contribution in [0.2, 0.25) is 0 Å². The molecule has 1 aromatic rings. The molecule has 0 aromatic heterocycles.